The molecule has 7 heteroatoms. The smallest absolute Gasteiger partial charge is 0.313 e. The van der Waals surface area contributed by atoms with Crippen LogP contribution in [-0.2, 0) is 10.5 Å². The highest BCUT2D eigenvalue weighted by molar-refractivity contribution is 7.99. The Morgan fingerprint density at radius 1 is 1.53 bits per heavy atom. The summed E-state index contributed by atoms with van der Waals surface area (Å²) >= 11 is 1.28. The molecule has 2 aromatic heterocycles. The molecular formula is C8H8N4O2S. The van der Waals surface area contributed by atoms with Crippen LogP contribution in [0.5, 0.6) is 0 Å². The zero-order valence-corrected chi connectivity index (χ0v) is 8.52. The standard InChI is InChI=1S/C8H8N4O2S/c13-8(14)4-15-3-7-11-10-6-1-2-9-5-12(6)7/h1-2,5H,3-4H2,(H,13,14). The molecule has 6 nitrogen and oxygen atoms in total. The van der Waals surface area contributed by atoms with Gasteiger partial charge in [0, 0.05) is 12.3 Å². The molecule has 0 aliphatic rings. The van der Waals surface area contributed by atoms with Crippen molar-refractivity contribution in [2.45, 2.75) is 5.75 Å². The van der Waals surface area contributed by atoms with Gasteiger partial charge in [-0.05, 0) is 0 Å². The summed E-state index contributed by atoms with van der Waals surface area (Å²) in [6.45, 7) is 0. The Kier molecular flexibility index (Phi) is 2.82. The van der Waals surface area contributed by atoms with Gasteiger partial charge in [0.2, 0.25) is 0 Å². The quantitative estimate of drug-likeness (QED) is 0.811. The van der Waals surface area contributed by atoms with E-state index in [-0.39, 0.29) is 5.75 Å². The molecule has 15 heavy (non-hydrogen) atoms. The van der Waals surface area contributed by atoms with Crippen molar-refractivity contribution in [2.24, 2.45) is 0 Å². The van der Waals surface area contributed by atoms with Crippen LogP contribution in [0, 0.1) is 0 Å². The van der Waals surface area contributed by atoms with E-state index in [1.807, 2.05) is 0 Å². The molecular weight excluding hydrogens is 216 g/mol. The minimum Gasteiger partial charge on any atom is -0.481 e. The van der Waals surface area contributed by atoms with Crippen molar-refractivity contribution in [1.29, 1.82) is 0 Å². The summed E-state index contributed by atoms with van der Waals surface area (Å²) in [5.41, 5.74) is 0.718. The Balaban J connectivity index is 2.11. The average Bonchev–Trinajstić information content (AvgIpc) is 2.62. The van der Waals surface area contributed by atoms with Crippen LogP contribution >= 0.6 is 11.8 Å². The van der Waals surface area contributed by atoms with E-state index in [0.29, 0.717) is 11.6 Å². The number of carbonyl (C=O) groups is 1. The second kappa shape index (κ2) is 4.26. The third kappa shape index (κ3) is 2.24. The lowest BCUT2D eigenvalue weighted by atomic mass is 10.6. The van der Waals surface area contributed by atoms with Gasteiger partial charge in [0.25, 0.3) is 0 Å². The first-order chi connectivity index (χ1) is 7.27. The van der Waals surface area contributed by atoms with Gasteiger partial charge in [-0.3, -0.25) is 9.20 Å². The fourth-order valence-corrected chi connectivity index (χ4v) is 1.78. The maximum atomic E-state index is 10.3. The minimum atomic E-state index is -0.827. The van der Waals surface area contributed by atoms with E-state index in [1.54, 1.807) is 23.0 Å². The Bertz CT molecular complexity index is 484. The Labute approximate surface area is 89.4 Å². The fourth-order valence-electron chi connectivity index (χ4n) is 1.12. The van der Waals surface area contributed by atoms with Crippen LogP contribution in [0.2, 0.25) is 0 Å². The summed E-state index contributed by atoms with van der Waals surface area (Å²) in [4.78, 5) is 14.3. The topological polar surface area (TPSA) is 80.4 Å². The second-order valence-electron chi connectivity index (χ2n) is 2.81. The maximum absolute atomic E-state index is 10.3. The summed E-state index contributed by atoms with van der Waals surface area (Å²) in [6.07, 6.45) is 3.25. The number of aliphatic carboxylic acids is 1. The molecule has 0 unspecified atom stereocenters. The molecule has 0 amide bonds. The molecule has 0 fully saturated rings. The SMILES string of the molecule is O=C(O)CSCc1nnc2ccncn12. The largest absolute Gasteiger partial charge is 0.481 e. The minimum absolute atomic E-state index is 0.0647. The van der Waals surface area contributed by atoms with Crippen LogP contribution in [0.4, 0.5) is 0 Å². The number of rotatable bonds is 4. The van der Waals surface area contributed by atoms with E-state index in [4.69, 9.17) is 5.11 Å². The van der Waals surface area contributed by atoms with E-state index < -0.39 is 5.97 Å². The third-order valence-electron chi connectivity index (χ3n) is 1.74. The zero-order chi connectivity index (χ0) is 10.7. The van der Waals surface area contributed by atoms with Gasteiger partial charge in [-0.2, -0.15) is 0 Å². The predicted octanol–water partition coefficient (Wildman–Crippen LogP) is 0.442. The van der Waals surface area contributed by atoms with Gasteiger partial charge in [-0.15, -0.1) is 22.0 Å². The van der Waals surface area contributed by atoms with Crippen molar-refractivity contribution in [1.82, 2.24) is 19.6 Å². The number of carboxylic acids is 1. The number of carboxylic acid groups (broad SMARTS) is 1. The molecule has 2 heterocycles. The van der Waals surface area contributed by atoms with E-state index in [2.05, 4.69) is 15.2 Å². The number of hydrogen-bond donors (Lipinski definition) is 1. The van der Waals surface area contributed by atoms with Crippen LogP contribution in [0.25, 0.3) is 5.65 Å². The average molecular weight is 224 g/mol. The lowest BCUT2D eigenvalue weighted by Gasteiger charge is -1.96. The first-order valence-electron chi connectivity index (χ1n) is 4.20. The van der Waals surface area contributed by atoms with Crippen molar-refractivity contribution < 1.29 is 9.90 Å². The number of fused-ring (bicyclic) bond motifs is 1. The molecule has 0 aliphatic carbocycles. The lowest BCUT2D eigenvalue weighted by Crippen LogP contribution is -2.00. The normalized spacial score (nSPS) is 10.7. The molecule has 0 spiro atoms. The molecule has 0 atom stereocenters. The Hall–Kier alpha value is -1.63. The lowest BCUT2D eigenvalue weighted by molar-refractivity contribution is -0.133. The molecule has 0 saturated heterocycles. The van der Waals surface area contributed by atoms with Gasteiger partial charge in [-0.25, -0.2) is 4.98 Å². The predicted molar refractivity (Wildman–Crippen MR) is 54.6 cm³/mol. The maximum Gasteiger partial charge on any atom is 0.313 e. The number of aromatic nitrogens is 4. The molecule has 0 aliphatic heterocycles. The summed E-state index contributed by atoms with van der Waals surface area (Å²) in [7, 11) is 0. The zero-order valence-electron chi connectivity index (χ0n) is 7.70. The van der Waals surface area contributed by atoms with Gasteiger partial charge in [0.05, 0.1) is 11.5 Å². The molecule has 0 saturated carbocycles. The highest BCUT2D eigenvalue weighted by atomic mass is 32.2. The van der Waals surface area contributed by atoms with Crippen LogP contribution in [0.3, 0.4) is 0 Å². The van der Waals surface area contributed by atoms with Crippen molar-refractivity contribution in [3.63, 3.8) is 0 Å². The first kappa shape index (κ1) is 9.91. The molecule has 0 bridgehead atoms. The second-order valence-corrected chi connectivity index (χ2v) is 3.80. The van der Waals surface area contributed by atoms with Gasteiger partial charge < -0.3 is 5.11 Å². The van der Waals surface area contributed by atoms with Crippen LogP contribution in [-0.4, -0.2) is 36.4 Å². The van der Waals surface area contributed by atoms with Crippen molar-refractivity contribution in [3.05, 3.63) is 24.4 Å². The molecule has 78 valence electrons. The van der Waals surface area contributed by atoms with Crippen LogP contribution in [0.1, 0.15) is 5.82 Å². The monoisotopic (exact) mass is 224 g/mol. The van der Waals surface area contributed by atoms with Crippen molar-refractivity contribution in [3.8, 4) is 0 Å². The summed E-state index contributed by atoms with van der Waals surface area (Å²) < 4.78 is 1.74. The van der Waals surface area contributed by atoms with E-state index in [9.17, 15) is 4.79 Å². The summed E-state index contributed by atoms with van der Waals surface area (Å²) in [5, 5.41) is 16.4. The van der Waals surface area contributed by atoms with Gasteiger partial charge >= 0.3 is 5.97 Å². The van der Waals surface area contributed by atoms with E-state index in [1.165, 1.54) is 11.8 Å². The van der Waals surface area contributed by atoms with Crippen molar-refractivity contribution in [2.75, 3.05) is 5.75 Å². The third-order valence-corrected chi connectivity index (χ3v) is 2.65. The Morgan fingerprint density at radius 2 is 2.40 bits per heavy atom. The Morgan fingerprint density at radius 3 is 3.20 bits per heavy atom. The molecule has 0 aromatic carbocycles. The van der Waals surface area contributed by atoms with E-state index in [0.717, 1.165) is 5.65 Å². The molecule has 2 aromatic rings. The molecule has 1 N–H and O–H groups in total. The van der Waals surface area contributed by atoms with Crippen molar-refractivity contribution >= 4 is 23.4 Å². The molecule has 2 rings (SSSR count). The number of hydrogen-bond acceptors (Lipinski definition) is 5. The summed E-state index contributed by atoms with van der Waals surface area (Å²) in [6, 6.07) is 1.75. The molecule has 0 radical (unpaired) electrons. The number of thioether (sulfide) groups is 1. The number of nitrogens with zero attached hydrogens (tertiary/aromatic N) is 4. The van der Waals surface area contributed by atoms with Gasteiger partial charge in [0.1, 0.15) is 12.2 Å². The first-order valence-corrected chi connectivity index (χ1v) is 5.36. The highest BCUT2D eigenvalue weighted by Crippen LogP contribution is 2.10. The van der Waals surface area contributed by atoms with Crippen LogP contribution < -0.4 is 0 Å². The summed E-state index contributed by atoms with van der Waals surface area (Å²) in [5.74, 6) is 0.463. The van der Waals surface area contributed by atoms with Gasteiger partial charge in [0.15, 0.2) is 5.65 Å². The van der Waals surface area contributed by atoms with Crippen LogP contribution in [0.15, 0.2) is 18.6 Å². The fraction of sp³-hybridized carbons (Fsp3) is 0.250. The van der Waals surface area contributed by atoms with Gasteiger partial charge in [-0.1, -0.05) is 0 Å². The van der Waals surface area contributed by atoms with E-state index >= 15 is 0 Å². The highest BCUT2D eigenvalue weighted by Gasteiger charge is 2.05.